The third kappa shape index (κ3) is 4.71. The van der Waals surface area contributed by atoms with Crippen molar-refractivity contribution in [1.82, 2.24) is 14.7 Å². The Bertz CT molecular complexity index is 911. The van der Waals surface area contributed by atoms with Crippen LogP contribution in [-0.4, -0.2) is 89.3 Å². The number of urea groups is 1. The fraction of sp³-hybridized carbons (Fsp3) is 0.654. The predicted molar refractivity (Wildman–Crippen MR) is 133 cm³/mol. The van der Waals surface area contributed by atoms with Gasteiger partial charge in [-0.05, 0) is 72.0 Å². The highest BCUT2D eigenvalue weighted by Gasteiger charge is 2.44. The second-order valence-electron chi connectivity index (χ2n) is 10.6. The third-order valence-corrected chi connectivity index (χ3v) is 7.98. The van der Waals surface area contributed by atoms with Gasteiger partial charge >= 0.3 is 6.03 Å². The summed E-state index contributed by atoms with van der Waals surface area (Å²) in [5.74, 6) is 0.750. The summed E-state index contributed by atoms with van der Waals surface area (Å²) in [4.78, 5) is 29.2. The first-order valence-corrected chi connectivity index (χ1v) is 12.3. The second kappa shape index (κ2) is 9.18. The lowest BCUT2D eigenvalue weighted by Crippen LogP contribution is -2.60. The van der Waals surface area contributed by atoms with Crippen molar-refractivity contribution in [2.75, 3.05) is 40.3 Å². The highest BCUT2D eigenvalue weighted by molar-refractivity contribution is 5.94. The molecule has 0 aromatic heterocycles. The molecule has 1 N–H and O–H groups in total. The molecule has 0 bridgehead atoms. The smallest absolute Gasteiger partial charge is 0.320 e. The van der Waals surface area contributed by atoms with Gasteiger partial charge in [0.05, 0.1) is 24.2 Å². The van der Waals surface area contributed by atoms with E-state index >= 15 is 0 Å². The lowest BCUT2D eigenvalue weighted by molar-refractivity contribution is -0.0554. The van der Waals surface area contributed by atoms with Crippen LogP contribution < -0.4 is 0 Å². The molecule has 33 heavy (non-hydrogen) atoms. The zero-order chi connectivity index (χ0) is 23.7. The fourth-order valence-corrected chi connectivity index (χ4v) is 5.54. The third-order valence-electron chi connectivity index (χ3n) is 7.98. The molecule has 2 atom stereocenters. The summed E-state index contributed by atoms with van der Waals surface area (Å²) in [6.07, 6.45) is 7.07. The van der Waals surface area contributed by atoms with E-state index in [1.165, 1.54) is 5.56 Å². The molecule has 4 rings (SSSR count). The summed E-state index contributed by atoms with van der Waals surface area (Å²) in [7, 11) is 4.28. The highest BCUT2D eigenvalue weighted by atomic mass is 16.3. The lowest BCUT2D eigenvalue weighted by atomic mass is 9.79. The lowest BCUT2D eigenvalue weighted by Gasteiger charge is -2.45. The fourth-order valence-electron chi connectivity index (χ4n) is 5.54. The minimum Gasteiger partial charge on any atom is -0.388 e. The number of aliphatic imine (C=N–C) groups is 2. The van der Waals surface area contributed by atoms with Gasteiger partial charge in [-0.3, -0.25) is 9.89 Å². The molecule has 2 amide bonds. The number of amides is 2. The van der Waals surface area contributed by atoms with Gasteiger partial charge in [0.1, 0.15) is 5.84 Å². The Morgan fingerprint density at radius 3 is 2.36 bits per heavy atom. The number of benzene rings is 1. The molecular formula is C26H39N5O2. The minimum atomic E-state index is -0.765. The van der Waals surface area contributed by atoms with Crippen molar-refractivity contribution < 1.29 is 9.90 Å². The van der Waals surface area contributed by atoms with E-state index in [1.54, 1.807) is 0 Å². The van der Waals surface area contributed by atoms with Gasteiger partial charge in [0.15, 0.2) is 0 Å². The van der Waals surface area contributed by atoms with E-state index in [0.717, 1.165) is 44.4 Å². The molecule has 180 valence electrons. The van der Waals surface area contributed by atoms with E-state index in [1.807, 2.05) is 22.9 Å². The molecule has 2 fully saturated rings. The maximum absolute atomic E-state index is 14.0. The maximum Gasteiger partial charge on any atom is 0.320 e. The van der Waals surface area contributed by atoms with Crippen LogP contribution in [0.3, 0.4) is 0 Å². The summed E-state index contributed by atoms with van der Waals surface area (Å²) in [5.41, 5.74) is -0.216. The van der Waals surface area contributed by atoms with Gasteiger partial charge in [-0.15, -0.1) is 0 Å². The maximum atomic E-state index is 14.0. The van der Waals surface area contributed by atoms with Crippen molar-refractivity contribution in [3.05, 3.63) is 35.9 Å². The molecule has 1 aliphatic carbocycles. The quantitative estimate of drug-likeness (QED) is 0.741. The zero-order valence-electron chi connectivity index (χ0n) is 20.6. The van der Waals surface area contributed by atoms with Crippen LogP contribution in [0, 0.1) is 0 Å². The molecule has 1 aromatic rings. The summed E-state index contributed by atoms with van der Waals surface area (Å²) in [5, 5.41) is 11.0. The van der Waals surface area contributed by atoms with Crippen molar-refractivity contribution in [1.29, 1.82) is 0 Å². The summed E-state index contributed by atoms with van der Waals surface area (Å²) < 4.78 is 0. The van der Waals surface area contributed by atoms with Crippen LogP contribution in [0.2, 0.25) is 0 Å². The average Bonchev–Trinajstić information content (AvgIpc) is 2.85. The van der Waals surface area contributed by atoms with Gasteiger partial charge < -0.3 is 14.9 Å². The van der Waals surface area contributed by atoms with E-state index < -0.39 is 11.1 Å². The Morgan fingerprint density at radius 1 is 1.06 bits per heavy atom. The van der Waals surface area contributed by atoms with Crippen LogP contribution in [0.1, 0.15) is 57.9 Å². The van der Waals surface area contributed by atoms with Gasteiger partial charge in [-0.1, -0.05) is 30.3 Å². The second-order valence-corrected chi connectivity index (χ2v) is 10.6. The Morgan fingerprint density at radius 2 is 1.79 bits per heavy atom. The molecule has 0 radical (unpaired) electrons. The first-order chi connectivity index (χ1) is 15.7. The Balaban J connectivity index is 1.68. The van der Waals surface area contributed by atoms with Crippen molar-refractivity contribution in [3.8, 4) is 0 Å². The summed E-state index contributed by atoms with van der Waals surface area (Å²) >= 11 is 0. The molecular weight excluding hydrogens is 414 g/mol. The van der Waals surface area contributed by atoms with Crippen LogP contribution >= 0.6 is 0 Å². The number of amidine groups is 1. The molecule has 1 unspecified atom stereocenters. The highest BCUT2D eigenvalue weighted by Crippen LogP contribution is 2.39. The van der Waals surface area contributed by atoms with Crippen molar-refractivity contribution in [2.45, 2.75) is 69.1 Å². The first kappa shape index (κ1) is 23.9. The Hall–Kier alpha value is -2.25. The van der Waals surface area contributed by atoms with Crippen LogP contribution in [0.25, 0.3) is 0 Å². The predicted octanol–water partition coefficient (Wildman–Crippen LogP) is 3.53. The van der Waals surface area contributed by atoms with Crippen LogP contribution in [-0.2, 0) is 5.54 Å². The van der Waals surface area contributed by atoms with Crippen molar-refractivity contribution >= 4 is 18.1 Å². The topological polar surface area (TPSA) is 71.7 Å². The summed E-state index contributed by atoms with van der Waals surface area (Å²) in [6.45, 7) is 6.07. The largest absolute Gasteiger partial charge is 0.388 e. The van der Waals surface area contributed by atoms with E-state index in [2.05, 4.69) is 66.2 Å². The Labute approximate surface area is 198 Å². The molecule has 1 saturated carbocycles. The molecule has 3 aliphatic rings. The minimum absolute atomic E-state index is 0.0124. The number of nitrogens with zero attached hydrogens (tertiary/aromatic N) is 5. The number of hydrogen-bond acceptors (Lipinski definition) is 5. The van der Waals surface area contributed by atoms with E-state index in [-0.39, 0.29) is 11.6 Å². The van der Waals surface area contributed by atoms with E-state index in [4.69, 9.17) is 0 Å². The van der Waals surface area contributed by atoms with E-state index in [9.17, 15) is 9.90 Å². The normalized spacial score (nSPS) is 30.4. The summed E-state index contributed by atoms with van der Waals surface area (Å²) in [6, 6.07) is 10.6. The van der Waals surface area contributed by atoms with Gasteiger partial charge in [0.25, 0.3) is 0 Å². The number of carbonyl (C=O) groups excluding carboxylic acids is 1. The molecule has 0 spiro atoms. The first-order valence-electron chi connectivity index (χ1n) is 12.3. The number of carbonyl (C=O) groups is 1. The number of rotatable bonds is 5. The van der Waals surface area contributed by atoms with Gasteiger partial charge in [-0.2, -0.15) is 0 Å². The Kier molecular flexibility index (Phi) is 6.65. The van der Waals surface area contributed by atoms with Crippen LogP contribution in [0.15, 0.2) is 40.3 Å². The van der Waals surface area contributed by atoms with Crippen molar-refractivity contribution in [3.63, 3.8) is 0 Å². The van der Waals surface area contributed by atoms with Gasteiger partial charge in [0.2, 0.25) is 0 Å². The van der Waals surface area contributed by atoms with Crippen LogP contribution in [0.4, 0.5) is 4.79 Å². The number of aliphatic hydroxyl groups is 1. The molecule has 1 aromatic carbocycles. The van der Waals surface area contributed by atoms with Gasteiger partial charge in [-0.25, -0.2) is 9.79 Å². The molecule has 1 saturated heterocycles. The molecule has 2 aliphatic heterocycles. The zero-order valence-corrected chi connectivity index (χ0v) is 20.6. The monoisotopic (exact) mass is 453 g/mol. The average molecular weight is 454 g/mol. The molecule has 7 nitrogen and oxygen atoms in total. The standard InChI is InChI=1S/C26H39N5O2/c1-21-27-18-24(2,19-28-21)31-16-9-14-26(29(3)4,22-10-6-5-7-11-22)15-17-30(23(31)32)20-25(33)12-8-13-25/h5-7,10-11,18,33H,8-9,12-17,19-20H2,1-4H3/t24?,26-/m0/s1. The van der Waals surface area contributed by atoms with Crippen LogP contribution in [0.5, 0.6) is 0 Å². The van der Waals surface area contributed by atoms with E-state index in [0.29, 0.717) is 26.2 Å². The number of β-amino-alcohol motifs (C(OH)–C–C–N with tert-alkyl or cyclic N) is 1. The van der Waals surface area contributed by atoms with Gasteiger partial charge in [0, 0.05) is 24.8 Å². The number of hydrogen-bond donors (Lipinski definition) is 1. The molecule has 7 heteroatoms. The van der Waals surface area contributed by atoms with Crippen molar-refractivity contribution in [2.24, 2.45) is 9.98 Å². The molecule has 2 heterocycles. The SMILES string of the molecule is CC1=NCC(C)(N2CCC[C@](c3ccccc3)(N(C)C)CCN(CC3(O)CCC3)C2=O)C=N1.